The van der Waals surface area contributed by atoms with E-state index >= 15 is 0 Å². The van der Waals surface area contributed by atoms with E-state index in [9.17, 15) is 0 Å². The number of fused-ring (bicyclic) bond motifs is 1. The summed E-state index contributed by atoms with van der Waals surface area (Å²) < 4.78 is 3.29. The number of rotatable bonds is 3. The molecule has 1 aromatic carbocycles. The van der Waals surface area contributed by atoms with Gasteiger partial charge in [0.15, 0.2) is 0 Å². The Morgan fingerprint density at radius 3 is 2.79 bits per heavy atom. The summed E-state index contributed by atoms with van der Waals surface area (Å²) in [6.45, 7) is 4.25. The first-order valence-corrected chi connectivity index (χ1v) is 7.68. The Hall–Kier alpha value is -1.29. The Morgan fingerprint density at radius 1 is 1.32 bits per heavy atom. The summed E-state index contributed by atoms with van der Waals surface area (Å²) in [6.07, 6.45) is 3.48. The molecule has 0 spiro atoms. The summed E-state index contributed by atoms with van der Waals surface area (Å²) in [5.41, 5.74) is 3.60. The van der Waals surface area contributed by atoms with E-state index in [1.54, 1.807) is 0 Å². The lowest BCUT2D eigenvalue weighted by atomic mass is 10.1. The first-order chi connectivity index (χ1) is 9.29. The minimum absolute atomic E-state index is 0.978. The zero-order valence-corrected chi connectivity index (χ0v) is 12.7. The molecule has 1 aliphatic heterocycles. The van der Waals surface area contributed by atoms with Crippen LogP contribution in [0.1, 0.15) is 25.3 Å². The number of benzene rings is 1. The second-order valence-corrected chi connectivity index (χ2v) is 5.70. The molecule has 0 radical (unpaired) electrons. The Balaban J connectivity index is 1.95. The Morgan fingerprint density at radius 2 is 2.11 bits per heavy atom. The number of aryl methyl sites for hydroxylation is 1. The maximum absolute atomic E-state index is 4.70. The van der Waals surface area contributed by atoms with Crippen LogP contribution in [0.25, 0.3) is 11.3 Å². The summed E-state index contributed by atoms with van der Waals surface area (Å²) in [5.74, 6) is 0.978. The molecular formula is C15H18BrN3. The molecule has 0 fully saturated rings. The highest BCUT2D eigenvalue weighted by molar-refractivity contribution is 9.10. The number of anilines is 1. The fourth-order valence-corrected chi connectivity index (χ4v) is 3.17. The van der Waals surface area contributed by atoms with Gasteiger partial charge in [-0.3, -0.25) is 0 Å². The average Bonchev–Trinajstić information content (AvgIpc) is 2.78. The molecule has 1 aliphatic rings. The lowest BCUT2D eigenvalue weighted by Gasteiger charge is -2.15. The fourth-order valence-electron chi connectivity index (χ4n) is 2.51. The minimum Gasteiger partial charge on any atom is -0.356 e. The second-order valence-electron chi connectivity index (χ2n) is 4.95. The van der Waals surface area contributed by atoms with Crippen molar-refractivity contribution in [2.75, 3.05) is 11.9 Å². The van der Waals surface area contributed by atoms with Gasteiger partial charge in [0.05, 0.1) is 0 Å². The monoisotopic (exact) mass is 319 g/mol. The van der Waals surface area contributed by atoms with E-state index in [1.807, 2.05) is 0 Å². The van der Waals surface area contributed by atoms with Gasteiger partial charge in [-0.1, -0.05) is 37.6 Å². The Labute approximate surface area is 122 Å². The molecule has 0 aliphatic carbocycles. The topological polar surface area (TPSA) is 29.9 Å². The van der Waals surface area contributed by atoms with Gasteiger partial charge in [-0.05, 0) is 34.3 Å². The predicted molar refractivity (Wildman–Crippen MR) is 82.5 cm³/mol. The van der Waals surface area contributed by atoms with E-state index in [2.05, 4.69) is 57.0 Å². The van der Waals surface area contributed by atoms with Crippen molar-refractivity contribution in [2.45, 2.75) is 32.7 Å². The van der Waals surface area contributed by atoms with Gasteiger partial charge in [0.2, 0.25) is 5.95 Å². The van der Waals surface area contributed by atoms with E-state index < -0.39 is 0 Å². The molecule has 0 saturated carbocycles. The Bertz CT molecular complexity index is 572. The van der Waals surface area contributed by atoms with Crippen molar-refractivity contribution in [3.63, 3.8) is 0 Å². The summed E-state index contributed by atoms with van der Waals surface area (Å²) in [6, 6.07) is 8.75. The lowest BCUT2D eigenvalue weighted by Crippen LogP contribution is -2.17. The molecular weight excluding hydrogens is 302 g/mol. The van der Waals surface area contributed by atoms with Crippen molar-refractivity contribution in [1.29, 1.82) is 0 Å². The minimum atomic E-state index is 0.978. The summed E-state index contributed by atoms with van der Waals surface area (Å²) in [4.78, 5) is 4.70. The molecule has 4 heteroatoms. The van der Waals surface area contributed by atoms with Gasteiger partial charge in [0, 0.05) is 18.7 Å². The van der Waals surface area contributed by atoms with Crippen molar-refractivity contribution < 1.29 is 0 Å². The lowest BCUT2D eigenvalue weighted by molar-refractivity contribution is 0.618. The SMILES string of the molecule is CCCc1ccc(-c2nc3n(c2Br)CCCN3)cc1. The summed E-state index contributed by atoms with van der Waals surface area (Å²) >= 11 is 3.68. The number of hydrogen-bond acceptors (Lipinski definition) is 2. The van der Waals surface area contributed by atoms with Gasteiger partial charge in [-0.2, -0.15) is 0 Å². The standard InChI is InChI=1S/C15H18BrN3/c1-2-4-11-5-7-12(8-6-11)13-14(16)19-10-3-9-17-15(19)18-13/h5-8H,2-4,9-10H2,1H3,(H,17,18). The summed E-state index contributed by atoms with van der Waals surface area (Å²) in [5, 5.41) is 3.35. The van der Waals surface area contributed by atoms with E-state index in [0.717, 1.165) is 42.2 Å². The van der Waals surface area contributed by atoms with Crippen LogP contribution >= 0.6 is 15.9 Å². The molecule has 0 atom stereocenters. The number of imidazole rings is 1. The molecule has 19 heavy (non-hydrogen) atoms. The van der Waals surface area contributed by atoms with Crippen LogP contribution in [-0.2, 0) is 13.0 Å². The molecule has 3 rings (SSSR count). The number of hydrogen-bond donors (Lipinski definition) is 1. The van der Waals surface area contributed by atoms with Crippen LogP contribution in [0.2, 0.25) is 0 Å². The third kappa shape index (κ3) is 2.41. The molecule has 1 N–H and O–H groups in total. The van der Waals surface area contributed by atoms with Crippen LogP contribution in [0.5, 0.6) is 0 Å². The largest absolute Gasteiger partial charge is 0.356 e. The van der Waals surface area contributed by atoms with Crippen LogP contribution < -0.4 is 5.32 Å². The Kier molecular flexibility index (Phi) is 3.60. The highest BCUT2D eigenvalue weighted by Crippen LogP contribution is 2.32. The van der Waals surface area contributed by atoms with Gasteiger partial charge >= 0.3 is 0 Å². The normalized spacial score (nSPS) is 14.0. The van der Waals surface area contributed by atoms with Crippen molar-refractivity contribution in [1.82, 2.24) is 9.55 Å². The quantitative estimate of drug-likeness (QED) is 0.923. The third-order valence-electron chi connectivity index (χ3n) is 3.51. The second kappa shape index (κ2) is 5.37. The first kappa shape index (κ1) is 12.7. The highest BCUT2D eigenvalue weighted by atomic mass is 79.9. The zero-order chi connectivity index (χ0) is 13.2. The van der Waals surface area contributed by atoms with Crippen LogP contribution in [0.15, 0.2) is 28.9 Å². The molecule has 0 unspecified atom stereocenters. The maximum atomic E-state index is 4.70. The van der Waals surface area contributed by atoms with Crippen LogP contribution in [0.4, 0.5) is 5.95 Å². The molecule has 0 saturated heterocycles. The van der Waals surface area contributed by atoms with E-state index in [0.29, 0.717) is 0 Å². The molecule has 2 aromatic rings. The van der Waals surface area contributed by atoms with Gasteiger partial charge in [-0.25, -0.2) is 4.98 Å². The molecule has 0 bridgehead atoms. The molecule has 1 aromatic heterocycles. The maximum Gasteiger partial charge on any atom is 0.204 e. The van der Waals surface area contributed by atoms with Gasteiger partial charge in [0.1, 0.15) is 10.3 Å². The number of aromatic nitrogens is 2. The van der Waals surface area contributed by atoms with E-state index in [-0.39, 0.29) is 0 Å². The first-order valence-electron chi connectivity index (χ1n) is 6.89. The molecule has 3 nitrogen and oxygen atoms in total. The van der Waals surface area contributed by atoms with Crippen molar-refractivity contribution in [3.8, 4) is 11.3 Å². The number of nitrogens with zero attached hydrogens (tertiary/aromatic N) is 2. The van der Waals surface area contributed by atoms with Crippen LogP contribution in [0.3, 0.4) is 0 Å². The average molecular weight is 320 g/mol. The van der Waals surface area contributed by atoms with E-state index in [4.69, 9.17) is 4.98 Å². The smallest absolute Gasteiger partial charge is 0.204 e. The van der Waals surface area contributed by atoms with Crippen LogP contribution in [-0.4, -0.2) is 16.1 Å². The van der Waals surface area contributed by atoms with Gasteiger partial charge < -0.3 is 9.88 Å². The van der Waals surface area contributed by atoms with Crippen molar-refractivity contribution in [2.24, 2.45) is 0 Å². The third-order valence-corrected chi connectivity index (χ3v) is 4.32. The molecule has 2 heterocycles. The van der Waals surface area contributed by atoms with E-state index in [1.165, 1.54) is 17.5 Å². The van der Waals surface area contributed by atoms with Crippen LogP contribution in [0, 0.1) is 0 Å². The fraction of sp³-hybridized carbons (Fsp3) is 0.400. The summed E-state index contributed by atoms with van der Waals surface area (Å²) in [7, 11) is 0. The van der Waals surface area contributed by atoms with Gasteiger partial charge in [-0.15, -0.1) is 0 Å². The van der Waals surface area contributed by atoms with Crippen molar-refractivity contribution >= 4 is 21.9 Å². The number of nitrogens with one attached hydrogen (secondary N) is 1. The zero-order valence-electron chi connectivity index (χ0n) is 11.1. The molecule has 100 valence electrons. The predicted octanol–water partition coefficient (Wildman–Crippen LogP) is 4.08. The number of halogens is 1. The van der Waals surface area contributed by atoms with Gasteiger partial charge in [0.25, 0.3) is 0 Å². The highest BCUT2D eigenvalue weighted by Gasteiger charge is 2.18. The van der Waals surface area contributed by atoms with Crippen molar-refractivity contribution in [3.05, 3.63) is 34.4 Å². The molecule has 0 amide bonds.